The highest BCUT2D eigenvalue weighted by atomic mass is 16.4. The molecule has 0 radical (unpaired) electrons. The SMILES string of the molecule is O=C(O)CCCCCCCCCC[11C](=O)O. The summed E-state index contributed by atoms with van der Waals surface area (Å²) in [7, 11) is 0. The quantitative estimate of drug-likeness (QED) is 0.534. The Labute approximate surface area is 96.7 Å². The molecule has 0 saturated heterocycles. The van der Waals surface area contributed by atoms with Gasteiger partial charge in [0.25, 0.3) is 0 Å². The molecule has 0 aromatic rings. The Kier molecular flexibility index (Phi) is 9.76. The highest BCUT2D eigenvalue weighted by Gasteiger charge is 1.98. The molecule has 2 N–H and O–H groups in total. The van der Waals surface area contributed by atoms with Crippen LogP contribution < -0.4 is 0 Å². The first-order chi connectivity index (χ1) is 7.63. The Morgan fingerprint density at radius 2 is 0.812 bits per heavy atom. The summed E-state index contributed by atoms with van der Waals surface area (Å²) in [5.41, 5.74) is 0. The molecule has 0 spiro atoms. The van der Waals surface area contributed by atoms with Gasteiger partial charge in [0.1, 0.15) is 0 Å². The summed E-state index contributed by atoms with van der Waals surface area (Å²) in [6, 6.07) is 0. The molecule has 0 aromatic heterocycles. The lowest BCUT2D eigenvalue weighted by Gasteiger charge is -2.00. The molecule has 0 bridgehead atoms. The van der Waals surface area contributed by atoms with Crippen molar-refractivity contribution in [3.63, 3.8) is 0 Å². The van der Waals surface area contributed by atoms with E-state index in [1.54, 1.807) is 0 Å². The maximum Gasteiger partial charge on any atom is 0.303 e. The minimum atomic E-state index is -0.714. The van der Waals surface area contributed by atoms with Crippen LogP contribution in [0.15, 0.2) is 0 Å². The molecule has 0 aliphatic rings. The van der Waals surface area contributed by atoms with Crippen LogP contribution in [0.25, 0.3) is 0 Å². The van der Waals surface area contributed by atoms with E-state index in [9.17, 15) is 9.59 Å². The lowest BCUT2D eigenvalue weighted by Crippen LogP contribution is -1.94. The number of hydrogen-bond acceptors (Lipinski definition) is 2. The van der Waals surface area contributed by atoms with Crippen molar-refractivity contribution in [3.8, 4) is 0 Å². The van der Waals surface area contributed by atoms with Gasteiger partial charge in [-0.05, 0) is 12.8 Å². The minimum Gasteiger partial charge on any atom is -0.481 e. The van der Waals surface area contributed by atoms with Crippen LogP contribution in [0.2, 0.25) is 0 Å². The molecule has 0 aromatic carbocycles. The van der Waals surface area contributed by atoms with Gasteiger partial charge in [-0.15, -0.1) is 0 Å². The van der Waals surface area contributed by atoms with E-state index < -0.39 is 11.9 Å². The Morgan fingerprint density at radius 1 is 0.562 bits per heavy atom. The van der Waals surface area contributed by atoms with Crippen LogP contribution in [0.3, 0.4) is 0 Å². The van der Waals surface area contributed by atoms with E-state index in [-0.39, 0.29) is 12.8 Å². The highest BCUT2D eigenvalue weighted by molar-refractivity contribution is 5.66. The van der Waals surface area contributed by atoms with Gasteiger partial charge in [-0.2, -0.15) is 0 Å². The average Bonchev–Trinajstić information content (AvgIpc) is 2.20. The number of aliphatic carboxylic acids is 2. The maximum absolute atomic E-state index is 10.2. The van der Waals surface area contributed by atoms with Crippen molar-refractivity contribution in [3.05, 3.63) is 0 Å². The standard InChI is InChI=1S/C12H22O4/c13-11(14)9-7-5-3-1-2-4-6-8-10-12(15)16/h1-10H2,(H,13,14)(H,15,16)/i11-1. The number of unbranched alkanes of at least 4 members (excludes halogenated alkanes) is 7. The summed E-state index contributed by atoms with van der Waals surface area (Å²) in [5.74, 6) is -1.43. The van der Waals surface area contributed by atoms with Gasteiger partial charge in [-0.1, -0.05) is 38.5 Å². The van der Waals surface area contributed by atoms with Crippen LogP contribution in [-0.4, -0.2) is 22.2 Å². The van der Waals surface area contributed by atoms with Crippen molar-refractivity contribution in [1.82, 2.24) is 0 Å². The van der Waals surface area contributed by atoms with Crippen LogP contribution in [-0.2, 0) is 9.59 Å². The predicted molar refractivity (Wildman–Crippen MR) is 61.4 cm³/mol. The number of carboxylic acids is 2. The van der Waals surface area contributed by atoms with E-state index in [0.717, 1.165) is 51.4 Å². The molecule has 0 aliphatic carbocycles. The summed E-state index contributed by atoms with van der Waals surface area (Å²) in [6.45, 7) is 0. The fraction of sp³-hybridized carbons (Fsp3) is 0.833. The van der Waals surface area contributed by atoms with Gasteiger partial charge in [-0.3, -0.25) is 9.59 Å². The van der Waals surface area contributed by atoms with Crippen molar-refractivity contribution in [2.24, 2.45) is 0 Å². The second-order valence-electron chi connectivity index (χ2n) is 4.12. The van der Waals surface area contributed by atoms with Crippen molar-refractivity contribution in [2.45, 2.75) is 64.2 Å². The maximum atomic E-state index is 10.2. The predicted octanol–water partition coefficient (Wildman–Crippen LogP) is 3.06. The number of carboxylic acid groups (broad SMARTS) is 2. The molecule has 94 valence electrons. The third-order valence-electron chi connectivity index (χ3n) is 2.53. The molecule has 0 atom stereocenters. The number of rotatable bonds is 11. The number of hydrogen-bond donors (Lipinski definition) is 2. The molecular weight excluding hydrogens is 207 g/mol. The third-order valence-corrected chi connectivity index (χ3v) is 2.53. The minimum absolute atomic E-state index is 0.276. The monoisotopic (exact) mass is 229 g/mol. The van der Waals surface area contributed by atoms with Gasteiger partial charge in [0.05, 0.1) is 0 Å². The molecule has 0 saturated carbocycles. The fourth-order valence-electron chi connectivity index (χ4n) is 1.61. The van der Waals surface area contributed by atoms with Crippen molar-refractivity contribution < 1.29 is 19.8 Å². The zero-order chi connectivity index (χ0) is 12.2. The third kappa shape index (κ3) is 12.9. The molecule has 4 nitrogen and oxygen atoms in total. The molecule has 16 heavy (non-hydrogen) atoms. The zero-order valence-corrected chi connectivity index (χ0v) is 9.78. The molecule has 4 heteroatoms. The largest absolute Gasteiger partial charge is 0.481 e. The first-order valence-electron chi connectivity index (χ1n) is 6.06. The molecule has 0 unspecified atom stereocenters. The van der Waals surface area contributed by atoms with Gasteiger partial charge < -0.3 is 10.2 Å². The first-order valence-corrected chi connectivity index (χ1v) is 6.06. The molecule has 0 amide bonds. The summed E-state index contributed by atoms with van der Waals surface area (Å²) in [5, 5.41) is 16.8. The fourth-order valence-corrected chi connectivity index (χ4v) is 1.61. The van der Waals surface area contributed by atoms with Gasteiger partial charge in [0.2, 0.25) is 0 Å². The molecule has 0 fully saturated rings. The van der Waals surface area contributed by atoms with Gasteiger partial charge >= 0.3 is 11.9 Å². The second kappa shape index (κ2) is 10.5. The van der Waals surface area contributed by atoms with Crippen LogP contribution in [0.5, 0.6) is 0 Å². The Bertz CT molecular complexity index is 179. The second-order valence-corrected chi connectivity index (χ2v) is 4.12. The van der Waals surface area contributed by atoms with Crippen molar-refractivity contribution in [1.29, 1.82) is 0 Å². The van der Waals surface area contributed by atoms with E-state index in [1.807, 2.05) is 0 Å². The normalized spacial score (nSPS) is 10.2. The Morgan fingerprint density at radius 3 is 1.06 bits per heavy atom. The highest BCUT2D eigenvalue weighted by Crippen LogP contribution is 2.10. The van der Waals surface area contributed by atoms with Crippen LogP contribution in [0.4, 0.5) is 0 Å². The Balaban J connectivity index is 2.98. The van der Waals surface area contributed by atoms with Crippen LogP contribution >= 0.6 is 0 Å². The van der Waals surface area contributed by atoms with Crippen molar-refractivity contribution >= 4 is 11.9 Å². The van der Waals surface area contributed by atoms with Gasteiger partial charge in [0.15, 0.2) is 0 Å². The summed E-state index contributed by atoms with van der Waals surface area (Å²) in [6.07, 6.45) is 8.51. The van der Waals surface area contributed by atoms with E-state index in [2.05, 4.69) is 0 Å². The first kappa shape index (κ1) is 14.9. The van der Waals surface area contributed by atoms with Crippen molar-refractivity contribution in [2.75, 3.05) is 0 Å². The molecule has 0 rings (SSSR count). The summed E-state index contributed by atoms with van der Waals surface area (Å²) in [4.78, 5) is 20.4. The summed E-state index contributed by atoms with van der Waals surface area (Å²) < 4.78 is 0. The van der Waals surface area contributed by atoms with Gasteiger partial charge in [-0.25, -0.2) is 0 Å². The van der Waals surface area contributed by atoms with E-state index >= 15 is 0 Å². The molecular formula is C12H22O4. The molecule has 0 aliphatic heterocycles. The molecule has 0 heterocycles. The van der Waals surface area contributed by atoms with E-state index in [1.165, 1.54) is 0 Å². The van der Waals surface area contributed by atoms with Crippen LogP contribution in [0.1, 0.15) is 64.2 Å². The van der Waals surface area contributed by atoms with E-state index in [4.69, 9.17) is 10.2 Å². The average molecular weight is 229 g/mol. The lowest BCUT2D eigenvalue weighted by molar-refractivity contribution is -0.138. The van der Waals surface area contributed by atoms with E-state index in [0.29, 0.717) is 0 Å². The smallest absolute Gasteiger partial charge is 0.303 e. The van der Waals surface area contributed by atoms with Gasteiger partial charge in [0, 0.05) is 12.8 Å². The number of carbonyl (C=O) groups is 2. The van der Waals surface area contributed by atoms with Crippen LogP contribution in [0, 0.1) is 0 Å². The Hall–Kier alpha value is -1.06. The zero-order valence-electron chi connectivity index (χ0n) is 9.78. The summed E-state index contributed by atoms with van der Waals surface area (Å²) >= 11 is 0. The lowest BCUT2D eigenvalue weighted by atomic mass is 9.96. The topological polar surface area (TPSA) is 74.6 Å².